The molecule has 1 heterocycles. The Labute approximate surface area is 139 Å². The summed E-state index contributed by atoms with van der Waals surface area (Å²) in [5.74, 6) is 1.55. The van der Waals surface area contributed by atoms with E-state index in [1.165, 1.54) is 5.56 Å². The minimum Gasteiger partial charge on any atom is -0.356 e. The molecule has 126 valence electrons. The molecule has 1 unspecified atom stereocenters. The molecule has 0 saturated carbocycles. The molecular weight excluding hydrogens is 288 g/mol. The van der Waals surface area contributed by atoms with E-state index >= 15 is 0 Å². The van der Waals surface area contributed by atoms with E-state index in [9.17, 15) is 4.79 Å². The van der Waals surface area contributed by atoms with Crippen molar-refractivity contribution in [1.29, 1.82) is 0 Å². The molecule has 1 aliphatic rings. The smallest absolute Gasteiger partial charge is 0.221 e. The number of carbonyl (C=O) groups excluding carboxylic acids is 1. The Kier molecular flexibility index (Phi) is 6.91. The van der Waals surface area contributed by atoms with Crippen molar-refractivity contribution in [2.24, 2.45) is 4.99 Å². The molecule has 1 aliphatic heterocycles. The summed E-state index contributed by atoms with van der Waals surface area (Å²) in [6.45, 7) is 5.40. The first-order chi connectivity index (χ1) is 11.2. The monoisotopic (exact) mass is 316 g/mol. The third-order valence-electron chi connectivity index (χ3n) is 4.18. The van der Waals surface area contributed by atoms with Crippen molar-refractivity contribution in [2.45, 2.75) is 32.1 Å². The number of hydrogen-bond donors (Lipinski definition) is 2. The number of carbonyl (C=O) groups is 1. The van der Waals surface area contributed by atoms with Crippen LogP contribution >= 0.6 is 0 Å². The highest BCUT2D eigenvalue weighted by molar-refractivity contribution is 5.81. The molecular formula is C18H28N4O. The molecule has 1 saturated heterocycles. The van der Waals surface area contributed by atoms with Gasteiger partial charge in [-0.05, 0) is 18.4 Å². The molecule has 2 rings (SSSR count). The summed E-state index contributed by atoms with van der Waals surface area (Å²) in [6.07, 6.45) is 2.59. The Hall–Kier alpha value is -2.04. The van der Waals surface area contributed by atoms with Gasteiger partial charge in [-0.2, -0.15) is 0 Å². The standard InChI is InChI=1S/C18H28N4O/c1-3-11-20-17(23)9-12-21-18(19-2)22-13-10-16(14-22)15-7-5-4-6-8-15/h4-8,16H,3,9-14H2,1-2H3,(H,19,21)(H,20,23). The third kappa shape index (κ3) is 5.27. The minimum absolute atomic E-state index is 0.0957. The summed E-state index contributed by atoms with van der Waals surface area (Å²) < 4.78 is 0. The molecule has 0 bridgehead atoms. The van der Waals surface area contributed by atoms with E-state index in [1.807, 2.05) is 0 Å². The maximum atomic E-state index is 11.6. The number of benzene rings is 1. The zero-order valence-electron chi connectivity index (χ0n) is 14.2. The van der Waals surface area contributed by atoms with E-state index in [1.54, 1.807) is 7.05 Å². The lowest BCUT2D eigenvalue weighted by Gasteiger charge is -2.21. The van der Waals surface area contributed by atoms with Crippen molar-refractivity contribution < 1.29 is 4.79 Å². The van der Waals surface area contributed by atoms with Crippen LogP contribution in [0.1, 0.15) is 37.7 Å². The van der Waals surface area contributed by atoms with Crippen molar-refractivity contribution in [3.8, 4) is 0 Å². The molecule has 1 aromatic rings. The topological polar surface area (TPSA) is 56.7 Å². The van der Waals surface area contributed by atoms with Crippen molar-refractivity contribution in [3.05, 3.63) is 35.9 Å². The number of aliphatic imine (C=N–C) groups is 1. The number of nitrogens with one attached hydrogen (secondary N) is 2. The maximum absolute atomic E-state index is 11.6. The van der Waals surface area contributed by atoms with E-state index < -0.39 is 0 Å². The average Bonchev–Trinajstić information content (AvgIpc) is 3.07. The molecule has 23 heavy (non-hydrogen) atoms. The zero-order chi connectivity index (χ0) is 16.5. The van der Waals surface area contributed by atoms with Crippen molar-refractivity contribution in [1.82, 2.24) is 15.5 Å². The highest BCUT2D eigenvalue weighted by Gasteiger charge is 2.25. The van der Waals surface area contributed by atoms with Crippen LogP contribution in [0.5, 0.6) is 0 Å². The van der Waals surface area contributed by atoms with Crippen LogP contribution in [-0.4, -0.2) is 50.0 Å². The summed E-state index contributed by atoms with van der Waals surface area (Å²) in [5, 5.41) is 6.20. The van der Waals surface area contributed by atoms with Gasteiger partial charge in [-0.3, -0.25) is 9.79 Å². The van der Waals surface area contributed by atoms with Gasteiger partial charge < -0.3 is 15.5 Å². The van der Waals surface area contributed by atoms with Crippen LogP contribution in [0.4, 0.5) is 0 Å². The molecule has 1 fully saturated rings. The second kappa shape index (κ2) is 9.18. The largest absolute Gasteiger partial charge is 0.356 e. The average molecular weight is 316 g/mol. The van der Waals surface area contributed by atoms with Gasteiger partial charge in [0.1, 0.15) is 0 Å². The molecule has 1 amide bonds. The highest BCUT2D eigenvalue weighted by Crippen LogP contribution is 2.26. The van der Waals surface area contributed by atoms with Crippen molar-refractivity contribution in [2.75, 3.05) is 33.2 Å². The molecule has 5 heteroatoms. The Morgan fingerprint density at radius 3 is 2.74 bits per heavy atom. The summed E-state index contributed by atoms with van der Waals surface area (Å²) in [5.41, 5.74) is 1.39. The van der Waals surface area contributed by atoms with Crippen LogP contribution in [0.3, 0.4) is 0 Å². The number of guanidine groups is 1. The molecule has 0 spiro atoms. The van der Waals surface area contributed by atoms with Gasteiger partial charge >= 0.3 is 0 Å². The van der Waals surface area contributed by atoms with E-state index in [0.29, 0.717) is 18.9 Å². The zero-order valence-corrected chi connectivity index (χ0v) is 14.2. The van der Waals surface area contributed by atoms with Crippen LogP contribution in [0.25, 0.3) is 0 Å². The summed E-state index contributed by atoms with van der Waals surface area (Å²) in [4.78, 5) is 18.3. The number of rotatable bonds is 6. The van der Waals surface area contributed by atoms with E-state index in [0.717, 1.165) is 38.4 Å². The fraction of sp³-hybridized carbons (Fsp3) is 0.556. The number of likely N-dealkylation sites (tertiary alicyclic amines) is 1. The fourth-order valence-corrected chi connectivity index (χ4v) is 2.92. The first-order valence-electron chi connectivity index (χ1n) is 8.51. The molecule has 5 nitrogen and oxygen atoms in total. The van der Waals surface area contributed by atoms with Crippen molar-refractivity contribution in [3.63, 3.8) is 0 Å². The van der Waals surface area contributed by atoms with Gasteiger partial charge in [-0.25, -0.2) is 0 Å². The molecule has 1 atom stereocenters. The van der Waals surface area contributed by atoms with Crippen LogP contribution in [0.15, 0.2) is 35.3 Å². The minimum atomic E-state index is 0.0957. The Bertz CT molecular complexity index is 515. The lowest BCUT2D eigenvalue weighted by Crippen LogP contribution is -2.41. The lowest BCUT2D eigenvalue weighted by atomic mass is 9.99. The Balaban J connectivity index is 1.78. The fourth-order valence-electron chi connectivity index (χ4n) is 2.92. The second-order valence-electron chi connectivity index (χ2n) is 5.92. The van der Waals surface area contributed by atoms with Gasteiger partial charge in [-0.1, -0.05) is 37.3 Å². The molecule has 0 radical (unpaired) electrons. The summed E-state index contributed by atoms with van der Waals surface area (Å²) in [7, 11) is 1.80. The van der Waals surface area contributed by atoms with Crippen molar-refractivity contribution >= 4 is 11.9 Å². The van der Waals surface area contributed by atoms with Crippen LogP contribution in [0.2, 0.25) is 0 Å². The molecule has 0 aliphatic carbocycles. The quantitative estimate of drug-likeness (QED) is 0.623. The first-order valence-corrected chi connectivity index (χ1v) is 8.51. The van der Waals surface area contributed by atoms with E-state index in [2.05, 4.69) is 57.8 Å². The summed E-state index contributed by atoms with van der Waals surface area (Å²) >= 11 is 0. The van der Waals surface area contributed by atoms with Crippen LogP contribution in [-0.2, 0) is 4.79 Å². The van der Waals surface area contributed by atoms with Gasteiger partial charge in [0.05, 0.1) is 0 Å². The van der Waals surface area contributed by atoms with Crippen LogP contribution < -0.4 is 10.6 Å². The first kappa shape index (κ1) is 17.3. The lowest BCUT2D eigenvalue weighted by molar-refractivity contribution is -0.120. The van der Waals surface area contributed by atoms with Gasteiger partial charge in [0.15, 0.2) is 5.96 Å². The van der Waals surface area contributed by atoms with Gasteiger partial charge in [0.25, 0.3) is 0 Å². The highest BCUT2D eigenvalue weighted by atomic mass is 16.1. The third-order valence-corrected chi connectivity index (χ3v) is 4.18. The Morgan fingerprint density at radius 2 is 2.04 bits per heavy atom. The molecule has 1 aromatic carbocycles. The second-order valence-corrected chi connectivity index (χ2v) is 5.92. The number of amides is 1. The normalized spacial score (nSPS) is 18.1. The van der Waals surface area contributed by atoms with Crippen LogP contribution in [0, 0.1) is 0 Å². The Morgan fingerprint density at radius 1 is 1.26 bits per heavy atom. The SMILES string of the molecule is CCCNC(=O)CCNC(=NC)N1CCC(c2ccccc2)C1. The molecule has 0 aromatic heterocycles. The van der Waals surface area contributed by atoms with E-state index in [4.69, 9.17) is 0 Å². The van der Waals surface area contributed by atoms with Gasteiger partial charge in [-0.15, -0.1) is 0 Å². The number of nitrogens with zero attached hydrogens (tertiary/aromatic N) is 2. The molecule has 2 N–H and O–H groups in total. The van der Waals surface area contributed by atoms with Gasteiger partial charge in [0, 0.05) is 45.6 Å². The summed E-state index contributed by atoms with van der Waals surface area (Å²) in [6, 6.07) is 10.6. The predicted molar refractivity (Wildman–Crippen MR) is 94.7 cm³/mol. The van der Waals surface area contributed by atoms with Gasteiger partial charge in [0.2, 0.25) is 5.91 Å². The predicted octanol–water partition coefficient (Wildman–Crippen LogP) is 1.97. The maximum Gasteiger partial charge on any atom is 0.221 e. The van der Waals surface area contributed by atoms with E-state index in [-0.39, 0.29) is 5.91 Å². The number of hydrogen-bond acceptors (Lipinski definition) is 2.